The molecule has 72 valence electrons. The van der Waals surface area contributed by atoms with Crippen LogP contribution < -0.4 is 5.32 Å². The van der Waals surface area contributed by atoms with E-state index in [4.69, 9.17) is 11.6 Å². The third kappa shape index (κ3) is 2.54. The van der Waals surface area contributed by atoms with Gasteiger partial charge in [0.1, 0.15) is 0 Å². The average molecular weight is 218 g/mol. The summed E-state index contributed by atoms with van der Waals surface area (Å²) in [7, 11) is 0. The van der Waals surface area contributed by atoms with Crippen molar-refractivity contribution in [3.63, 3.8) is 0 Å². The fourth-order valence-corrected chi connectivity index (χ4v) is 2.07. The van der Waals surface area contributed by atoms with Gasteiger partial charge in [0, 0.05) is 6.04 Å². The van der Waals surface area contributed by atoms with Crippen LogP contribution in [0.1, 0.15) is 26.2 Å². The van der Waals surface area contributed by atoms with Crippen molar-refractivity contribution >= 4 is 29.1 Å². The average Bonchev–Trinajstić information content (AvgIpc) is 2.79. The summed E-state index contributed by atoms with van der Waals surface area (Å²) in [6, 6.07) is 0.453. The number of aromatic nitrogens is 2. The first-order chi connectivity index (χ1) is 6.25. The van der Waals surface area contributed by atoms with Crippen LogP contribution in [0.25, 0.3) is 0 Å². The molecule has 2 rings (SSSR count). The minimum atomic E-state index is 0.453. The van der Waals surface area contributed by atoms with Crippen molar-refractivity contribution in [2.24, 2.45) is 5.92 Å². The van der Waals surface area contributed by atoms with Crippen LogP contribution in [0.3, 0.4) is 0 Å². The summed E-state index contributed by atoms with van der Waals surface area (Å²) in [5.74, 6) is 1.66. The van der Waals surface area contributed by atoms with Gasteiger partial charge < -0.3 is 5.32 Å². The molecule has 0 aliphatic heterocycles. The number of nitrogens with zero attached hydrogens (tertiary/aromatic N) is 2. The lowest BCUT2D eigenvalue weighted by Gasteiger charge is -2.11. The summed E-state index contributed by atoms with van der Waals surface area (Å²) >= 11 is 6.96. The lowest BCUT2D eigenvalue weighted by molar-refractivity contribution is 0.641. The van der Waals surface area contributed by atoms with Gasteiger partial charge in [-0.05, 0) is 19.3 Å². The summed E-state index contributed by atoms with van der Waals surface area (Å²) in [4.78, 5) is 0. The quantitative estimate of drug-likeness (QED) is 0.843. The first-order valence-corrected chi connectivity index (χ1v) is 5.61. The third-order valence-corrected chi connectivity index (χ3v) is 3.11. The van der Waals surface area contributed by atoms with Crippen LogP contribution in [-0.4, -0.2) is 14.8 Å². The summed E-state index contributed by atoms with van der Waals surface area (Å²) in [6.07, 6.45) is 3.98. The zero-order valence-corrected chi connectivity index (χ0v) is 9.03. The fourth-order valence-electron chi connectivity index (χ4n) is 1.41. The maximum Gasteiger partial charge on any atom is 0.186 e. The minimum Gasteiger partial charge on any atom is -0.364 e. The summed E-state index contributed by atoms with van der Waals surface area (Å²) < 4.78 is 7.97. The van der Waals surface area contributed by atoms with Gasteiger partial charge in [-0.1, -0.05) is 24.4 Å². The van der Waals surface area contributed by atoms with Crippen LogP contribution in [0.2, 0.25) is 5.15 Å². The highest BCUT2D eigenvalue weighted by atomic mass is 35.5. The molecule has 5 heteroatoms. The Labute approximate surface area is 86.8 Å². The molecule has 0 spiro atoms. The van der Waals surface area contributed by atoms with E-state index in [9.17, 15) is 0 Å². The van der Waals surface area contributed by atoms with Gasteiger partial charge in [0.05, 0.1) is 11.7 Å². The van der Waals surface area contributed by atoms with Gasteiger partial charge >= 0.3 is 0 Å². The second kappa shape index (κ2) is 3.80. The van der Waals surface area contributed by atoms with Gasteiger partial charge in [0.2, 0.25) is 0 Å². The van der Waals surface area contributed by atoms with E-state index in [0.717, 1.165) is 23.5 Å². The van der Waals surface area contributed by atoms with Crippen LogP contribution >= 0.6 is 23.3 Å². The lowest BCUT2D eigenvalue weighted by atomic mass is 10.2. The van der Waals surface area contributed by atoms with E-state index in [2.05, 4.69) is 21.0 Å². The van der Waals surface area contributed by atoms with Gasteiger partial charge in [-0.3, -0.25) is 0 Å². The molecule has 1 aromatic heterocycles. The van der Waals surface area contributed by atoms with E-state index in [1.165, 1.54) is 19.3 Å². The fraction of sp³-hybridized carbons (Fsp3) is 0.750. The summed E-state index contributed by atoms with van der Waals surface area (Å²) in [5.41, 5.74) is 0. The van der Waals surface area contributed by atoms with Gasteiger partial charge in [0.15, 0.2) is 11.0 Å². The SMILES string of the molecule is CC(CC1CC1)Nc1nsnc1Cl. The van der Waals surface area contributed by atoms with E-state index in [-0.39, 0.29) is 0 Å². The molecule has 0 saturated heterocycles. The van der Waals surface area contributed by atoms with E-state index in [1.807, 2.05) is 0 Å². The summed E-state index contributed by atoms with van der Waals surface area (Å²) in [6.45, 7) is 2.16. The van der Waals surface area contributed by atoms with Crippen molar-refractivity contribution in [3.05, 3.63) is 5.15 Å². The maximum atomic E-state index is 5.81. The number of halogens is 1. The Morgan fingerprint density at radius 3 is 2.92 bits per heavy atom. The molecule has 0 bridgehead atoms. The molecule has 0 aromatic carbocycles. The van der Waals surface area contributed by atoms with E-state index < -0.39 is 0 Å². The zero-order valence-electron chi connectivity index (χ0n) is 7.46. The van der Waals surface area contributed by atoms with Crippen LogP contribution in [0.15, 0.2) is 0 Å². The molecule has 1 atom stereocenters. The summed E-state index contributed by atoms with van der Waals surface area (Å²) in [5, 5.41) is 3.76. The second-order valence-electron chi connectivity index (χ2n) is 3.63. The monoisotopic (exact) mass is 217 g/mol. The van der Waals surface area contributed by atoms with Crippen LogP contribution in [0.5, 0.6) is 0 Å². The molecular formula is C8H12ClN3S. The molecule has 1 N–H and O–H groups in total. The largest absolute Gasteiger partial charge is 0.364 e. The molecule has 13 heavy (non-hydrogen) atoms. The predicted molar refractivity (Wildman–Crippen MR) is 55.3 cm³/mol. The number of nitrogens with one attached hydrogen (secondary N) is 1. The van der Waals surface area contributed by atoms with Crippen molar-refractivity contribution in [1.82, 2.24) is 8.75 Å². The Balaban J connectivity index is 1.85. The van der Waals surface area contributed by atoms with Gasteiger partial charge in [-0.2, -0.15) is 8.75 Å². The topological polar surface area (TPSA) is 37.8 Å². The van der Waals surface area contributed by atoms with Crippen LogP contribution in [-0.2, 0) is 0 Å². The normalized spacial score (nSPS) is 18.6. The molecule has 3 nitrogen and oxygen atoms in total. The van der Waals surface area contributed by atoms with E-state index in [1.54, 1.807) is 0 Å². The van der Waals surface area contributed by atoms with Crippen LogP contribution in [0, 0.1) is 5.92 Å². The number of rotatable bonds is 4. The van der Waals surface area contributed by atoms with E-state index in [0.29, 0.717) is 11.2 Å². The molecule has 1 aliphatic rings. The Kier molecular flexibility index (Phi) is 2.69. The van der Waals surface area contributed by atoms with Crippen molar-refractivity contribution in [3.8, 4) is 0 Å². The second-order valence-corrected chi connectivity index (χ2v) is 4.51. The Bertz CT molecular complexity index is 285. The first-order valence-electron chi connectivity index (χ1n) is 4.50. The smallest absolute Gasteiger partial charge is 0.186 e. The van der Waals surface area contributed by atoms with Crippen LogP contribution in [0.4, 0.5) is 5.82 Å². The van der Waals surface area contributed by atoms with Crippen molar-refractivity contribution in [2.45, 2.75) is 32.2 Å². The molecule has 1 unspecified atom stereocenters. The molecule has 1 heterocycles. The Morgan fingerprint density at radius 1 is 1.62 bits per heavy atom. The van der Waals surface area contributed by atoms with Gasteiger partial charge in [0.25, 0.3) is 0 Å². The highest BCUT2D eigenvalue weighted by Gasteiger charge is 2.24. The lowest BCUT2D eigenvalue weighted by Crippen LogP contribution is -2.16. The highest BCUT2D eigenvalue weighted by molar-refractivity contribution is 6.99. The molecule has 0 radical (unpaired) electrons. The minimum absolute atomic E-state index is 0.453. The standard InChI is InChI=1S/C8H12ClN3S/c1-5(4-6-2-3-6)10-8-7(9)11-13-12-8/h5-6H,2-4H2,1H3,(H,10,12). The number of hydrogen-bond donors (Lipinski definition) is 1. The highest BCUT2D eigenvalue weighted by Crippen LogP contribution is 2.34. The molecular weight excluding hydrogens is 206 g/mol. The Hall–Kier alpha value is -0.350. The van der Waals surface area contributed by atoms with Crippen molar-refractivity contribution in [1.29, 1.82) is 0 Å². The molecule has 1 fully saturated rings. The van der Waals surface area contributed by atoms with Gasteiger partial charge in [-0.15, -0.1) is 0 Å². The first kappa shape index (κ1) is 9.21. The number of hydrogen-bond acceptors (Lipinski definition) is 4. The molecule has 1 aliphatic carbocycles. The maximum absolute atomic E-state index is 5.81. The van der Waals surface area contributed by atoms with Crippen molar-refractivity contribution < 1.29 is 0 Å². The van der Waals surface area contributed by atoms with E-state index >= 15 is 0 Å². The third-order valence-electron chi connectivity index (χ3n) is 2.22. The number of anilines is 1. The zero-order chi connectivity index (χ0) is 9.26. The molecule has 0 amide bonds. The Morgan fingerprint density at radius 2 is 2.38 bits per heavy atom. The van der Waals surface area contributed by atoms with Crippen molar-refractivity contribution in [2.75, 3.05) is 5.32 Å². The molecule has 1 aromatic rings. The van der Waals surface area contributed by atoms with Gasteiger partial charge in [-0.25, -0.2) is 0 Å². The molecule has 1 saturated carbocycles. The predicted octanol–water partition coefficient (Wildman–Crippen LogP) is 2.79.